The van der Waals surface area contributed by atoms with Gasteiger partial charge in [0, 0.05) is 18.0 Å². The van der Waals surface area contributed by atoms with Gasteiger partial charge in [0.05, 0.1) is 11.2 Å². The molecule has 0 fully saturated rings. The van der Waals surface area contributed by atoms with Crippen LogP contribution in [-0.2, 0) is 17.8 Å². The number of nitro groups is 1. The lowest BCUT2D eigenvalue weighted by molar-refractivity contribution is -0.389. The number of hydrogen-bond acceptors (Lipinski definition) is 5. The van der Waals surface area contributed by atoms with Crippen molar-refractivity contribution in [2.75, 3.05) is 5.32 Å². The quantitative estimate of drug-likeness (QED) is 0.569. The molecule has 128 valence electrons. The lowest BCUT2D eigenvalue weighted by Crippen LogP contribution is -2.19. The number of nitrogens with one attached hydrogen (secondary N) is 1. The smallest absolute Gasteiger partial charge is 0.358 e. The number of hydrogen-bond donors (Lipinski definition) is 1. The fraction of sp³-hybridized carbons (Fsp3) is 0.235. The molecule has 0 saturated heterocycles. The summed E-state index contributed by atoms with van der Waals surface area (Å²) >= 11 is 0. The molecule has 0 radical (unpaired) electrons. The van der Waals surface area contributed by atoms with Gasteiger partial charge in [0.2, 0.25) is 11.7 Å². The molecule has 1 aromatic carbocycles. The van der Waals surface area contributed by atoms with Crippen LogP contribution >= 0.6 is 0 Å². The van der Waals surface area contributed by atoms with E-state index in [0.717, 1.165) is 23.0 Å². The van der Waals surface area contributed by atoms with Crippen molar-refractivity contribution in [2.45, 2.75) is 26.8 Å². The van der Waals surface area contributed by atoms with Gasteiger partial charge in [-0.05, 0) is 28.5 Å². The predicted molar refractivity (Wildman–Crippen MR) is 93.4 cm³/mol. The summed E-state index contributed by atoms with van der Waals surface area (Å²) in [5, 5.41) is 14.5. The normalized spacial score (nSPS) is 10.8. The van der Waals surface area contributed by atoms with Gasteiger partial charge in [-0.2, -0.15) is 0 Å². The van der Waals surface area contributed by atoms with Gasteiger partial charge in [-0.3, -0.25) is 14.3 Å². The number of para-hydroxylation sites is 1. The molecule has 0 aliphatic rings. The number of carbonyl (C=O) groups is 1. The zero-order valence-electron chi connectivity index (χ0n) is 13.9. The number of imidazole rings is 1. The minimum absolute atomic E-state index is 0.0508. The predicted octanol–water partition coefficient (Wildman–Crippen LogP) is 2.85. The lowest BCUT2D eigenvalue weighted by atomic mass is 10.1. The number of rotatable bonds is 5. The Labute approximate surface area is 143 Å². The largest absolute Gasteiger partial charge is 0.381 e. The zero-order valence-corrected chi connectivity index (χ0v) is 13.9. The highest BCUT2D eigenvalue weighted by atomic mass is 16.6. The van der Waals surface area contributed by atoms with Crippen molar-refractivity contribution < 1.29 is 9.72 Å². The Hall–Kier alpha value is -3.29. The highest BCUT2D eigenvalue weighted by Crippen LogP contribution is 2.23. The molecule has 8 heteroatoms. The minimum atomic E-state index is -0.578. The van der Waals surface area contributed by atoms with E-state index in [1.165, 1.54) is 10.8 Å². The Morgan fingerprint density at radius 1 is 1.32 bits per heavy atom. The van der Waals surface area contributed by atoms with Crippen LogP contribution in [0.15, 0.2) is 36.5 Å². The Bertz CT molecular complexity index is 964. The SMILES string of the molecule is CCc1cc(NC(=O)Cn2cc([N+](=O)[O-])nc2C)c2ccccc2n1. The highest BCUT2D eigenvalue weighted by Gasteiger charge is 2.17. The Balaban J connectivity index is 1.86. The van der Waals surface area contributed by atoms with Gasteiger partial charge in [-0.25, -0.2) is 0 Å². The molecule has 1 amide bonds. The first-order chi connectivity index (χ1) is 12.0. The first kappa shape index (κ1) is 16.6. The Kier molecular flexibility index (Phi) is 4.42. The standard InChI is InChI=1S/C17H17N5O3/c1-3-12-8-15(13-6-4-5-7-14(13)19-12)20-17(23)10-21-9-16(22(24)25)18-11(21)2/h4-9H,3,10H2,1-2H3,(H,19,20,23). The number of aromatic nitrogens is 3. The molecule has 0 unspecified atom stereocenters. The van der Waals surface area contributed by atoms with E-state index in [4.69, 9.17) is 0 Å². The van der Waals surface area contributed by atoms with Crippen LogP contribution in [0.2, 0.25) is 0 Å². The maximum atomic E-state index is 12.4. The molecule has 8 nitrogen and oxygen atoms in total. The number of fused-ring (bicyclic) bond motifs is 1. The van der Waals surface area contributed by atoms with Gasteiger partial charge in [0.15, 0.2) is 0 Å². The maximum Gasteiger partial charge on any atom is 0.381 e. The van der Waals surface area contributed by atoms with Crippen LogP contribution in [0, 0.1) is 17.0 Å². The van der Waals surface area contributed by atoms with E-state index >= 15 is 0 Å². The molecule has 3 aromatic rings. The van der Waals surface area contributed by atoms with Gasteiger partial charge >= 0.3 is 5.82 Å². The molecule has 0 aliphatic heterocycles. The van der Waals surface area contributed by atoms with Crippen LogP contribution < -0.4 is 5.32 Å². The van der Waals surface area contributed by atoms with E-state index < -0.39 is 4.92 Å². The van der Waals surface area contributed by atoms with E-state index in [2.05, 4.69) is 15.3 Å². The van der Waals surface area contributed by atoms with Crippen molar-refractivity contribution in [1.82, 2.24) is 14.5 Å². The summed E-state index contributed by atoms with van der Waals surface area (Å²) in [4.78, 5) is 31.0. The van der Waals surface area contributed by atoms with Crippen molar-refractivity contribution in [1.29, 1.82) is 0 Å². The zero-order chi connectivity index (χ0) is 18.0. The van der Waals surface area contributed by atoms with Gasteiger partial charge in [0.1, 0.15) is 12.7 Å². The molecule has 0 saturated carbocycles. The van der Waals surface area contributed by atoms with E-state index in [1.807, 2.05) is 37.3 Å². The monoisotopic (exact) mass is 339 g/mol. The number of pyridine rings is 1. The Morgan fingerprint density at radius 3 is 2.76 bits per heavy atom. The van der Waals surface area contributed by atoms with Gasteiger partial charge < -0.3 is 15.4 Å². The number of carbonyl (C=O) groups excluding carboxylic acids is 1. The summed E-state index contributed by atoms with van der Waals surface area (Å²) in [6.07, 6.45) is 2.01. The van der Waals surface area contributed by atoms with E-state index in [9.17, 15) is 14.9 Å². The summed E-state index contributed by atoms with van der Waals surface area (Å²) < 4.78 is 1.46. The number of amides is 1. The van der Waals surface area contributed by atoms with Gasteiger partial charge in [-0.15, -0.1) is 0 Å². The fourth-order valence-corrected chi connectivity index (χ4v) is 2.60. The summed E-state index contributed by atoms with van der Waals surface area (Å²) in [6, 6.07) is 9.42. The Morgan fingerprint density at radius 2 is 2.08 bits per heavy atom. The first-order valence-electron chi connectivity index (χ1n) is 7.84. The van der Waals surface area contributed by atoms with Crippen LogP contribution in [0.4, 0.5) is 11.5 Å². The third-order valence-electron chi connectivity index (χ3n) is 3.87. The molecule has 1 N–H and O–H groups in total. The molecule has 0 atom stereocenters. The topological polar surface area (TPSA) is 103 Å². The number of benzene rings is 1. The maximum absolute atomic E-state index is 12.4. The molecular weight excluding hydrogens is 322 g/mol. The van der Waals surface area contributed by atoms with Crippen molar-refractivity contribution in [3.63, 3.8) is 0 Å². The van der Waals surface area contributed by atoms with E-state index in [0.29, 0.717) is 11.5 Å². The molecule has 0 aliphatic carbocycles. The van der Waals surface area contributed by atoms with Crippen LogP contribution in [0.5, 0.6) is 0 Å². The van der Waals surface area contributed by atoms with Crippen molar-refractivity contribution in [3.8, 4) is 0 Å². The average molecular weight is 339 g/mol. The van der Waals surface area contributed by atoms with Gasteiger partial charge in [0.25, 0.3) is 0 Å². The summed E-state index contributed by atoms with van der Waals surface area (Å²) in [7, 11) is 0. The third kappa shape index (κ3) is 3.47. The molecule has 2 aromatic heterocycles. The van der Waals surface area contributed by atoms with Crippen LogP contribution in [-0.4, -0.2) is 25.4 Å². The second-order valence-electron chi connectivity index (χ2n) is 5.61. The lowest BCUT2D eigenvalue weighted by Gasteiger charge is -2.11. The van der Waals surface area contributed by atoms with Crippen LogP contribution in [0.3, 0.4) is 0 Å². The van der Waals surface area contributed by atoms with Crippen LogP contribution in [0.25, 0.3) is 10.9 Å². The molecule has 2 heterocycles. The summed E-state index contributed by atoms with van der Waals surface area (Å²) in [6.45, 7) is 3.57. The van der Waals surface area contributed by atoms with E-state index in [-0.39, 0.29) is 18.3 Å². The van der Waals surface area contributed by atoms with E-state index in [1.54, 1.807) is 6.92 Å². The average Bonchev–Trinajstić information content (AvgIpc) is 2.95. The molecular formula is C17H17N5O3. The van der Waals surface area contributed by atoms with Crippen LogP contribution in [0.1, 0.15) is 18.4 Å². The van der Waals surface area contributed by atoms with Crippen molar-refractivity contribution >= 4 is 28.3 Å². The van der Waals surface area contributed by atoms with Crippen molar-refractivity contribution in [2.24, 2.45) is 0 Å². The third-order valence-corrected chi connectivity index (χ3v) is 3.87. The number of anilines is 1. The van der Waals surface area contributed by atoms with Gasteiger partial charge in [-0.1, -0.05) is 25.1 Å². The fourth-order valence-electron chi connectivity index (χ4n) is 2.60. The molecule has 0 bridgehead atoms. The number of nitrogens with zero attached hydrogens (tertiary/aromatic N) is 4. The second kappa shape index (κ2) is 6.68. The molecule has 25 heavy (non-hydrogen) atoms. The highest BCUT2D eigenvalue weighted by molar-refractivity contribution is 6.01. The molecule has 3 rings (SSSR count). The second-order valence-corrected chi connectivity index (χ2v) is 5.61. The van der Waals surface area contributed by atoms with Crippen molar-refractivity contribution in [3.05, 3.63) is 58.2 Å². The first-order valence-corrected chi connectivity index (χ1v) is 7.84. The summed E-state index contributed by atoms with van der Waals surface area (Å²) in [5.74, 6) is -0.141. The minimum Gasteiger partial charge on any atom is -0.358 e. The molecule has 0 spiro atoms. The number of aryl methyl sites for hydroxylation is 2. The summed E-state index contributed by atoms with van der Waals surface area (Å²) in [5.41, 5.74) is 2.37.